The number of nitrogens with zero attached hydrogens (tertiary/aromatic N) is 2. The predicted octanol–water partition coefficient (Wildman–Crippen LogP) is 1.48. The largest absolute Gasteiger partial charge is 0.462 e. The Morgan fingerprint density at radius 1 is 1.46 bits per heavy atom. The van der Waals surface area contributed by atoms with Crippen LogP contribution in [0.15, 0.2) is 17.0 Å². The number of nitro groups is 1. The van der Waals surface area contributed by atoms with Crippen LogP contribution in [0.4, 0.5) is 5.69 Å². The summed E-state index contributed by atoms with van der Waals surface area (Å²) in [6.45, 7) is 4.28. The maximum atomic E-state index is 12.9. The lowest BCUT2D eigenvalue weighted by atomic mass is 10.1. The molecular formula is C15H22ClN3O6S. The van der Waals surface area contributed by atoms with Gasteiger partial charge in [-0.15, -0.1) is 12.4 Å². The van der Waals surface area contributed by atoms with Crippen LogP contribution in [-0.4, -0.2) is 56.4 Å². The van der Waals surface area contributed by atoms with Gasteiger partial charge in [0.15, 0.2) is 0 Å². The van der Waals surface area contributed by atoms with Crippen LogP contribution >= 0.6 is 12.4 Å². The standard InChI is InChI=1S/C15H21N3O6S.ClH/c1-4-24-15(19)13-7-12(8-14(10(13)2)18(20)21)25(22,23)17(3)11-5-6-16-9-11;/h7-8,11,16H,4-6,9H2,1-3H3;1H. The van der Waals surface area contributed by atoms with Crippen molar-refractivity contribution < 1.29 is 22.9 Å². The van der Waals surface area contributed by atoms with E-state index in [-0.39, 0.29) is 41.1 Å². The lowest BCUT2D eigenvalue weighted by Crippen LogP contribution is -2.38. The molecule has 1 N–H and O–H groups in total. The van der Waals surface area contributed by atoms with Crippen molar-refractivity contribution in [2.75, 3.05) is 26.7 Å². The summed E-state index contributed by atoms with van der Waals surface area (Å²) >= 11 is 0. The number of ether oxygens (including phenoxy) is 1. The highest BCUT2D eigenvalue weighted by Gasteiger charge is 2.33. The van der Waals surface area contributed by atoms with Crippen molar-refractivity contribution in [3.05, 3.63) is 33.4 Å². The number of sulfonamides is 1. The van der Waals surface area contributed by atoms with Crippen molar-refractivity contribution in [2.24, 2.45) is 0 Å². The molecule has 0 aromatic heterocycles. The van der Waals surface area contributed by atoms with E-state index in [1.54, 1.807) is 6.92 Å². The molecule has 2 rings (SSSR count). The molecule has 11 heteroatoms. The molecular weight excluding hydrogens is 386 g/mol. The van der Waals surface area contributed by atoms with Crippen molar-refractivity contribution in [3.63, 3.8) is 0 Å². The van der Waals surface area contributed by atoms with Gasteiger partial charge in [-0.3, -0.25) is 10.1 Å². The van der Waals surface area contributed by atoms with Crippen molar-refractivity contribution in [1.82, 2.24) is 9.62 Å². The Bertz CT molecular complexity index is 793. The number of likely N-dealkylation sites (N-methyl/N-ethyl adjacent to an activating group) is 1. The van der Waals surface area contributed by atoms with Crippen LogP contribution in [0.25, 0.3) is 0 Å². The normalized spacial score (nSPS) is 17.0. The van der Waals surface area contributed by atoms with Gasteiger partial charge in [0.1, 0.15) is 0 Å². The molecule has 0 radical (unpaired) electrons. The van der Waals surface area contributed by atoms with Crippen LogP contribution < -0.4 is 5.32 Å². The lowest BCUT2D eigenvalue weighted by molar-refractivity contribution is -0.385. The maximum absolute atomic E-state index is 12.9. The minimum absolute atomic E-state index is 0. The topological polar surface area (TPSA) is 119 Å². The third-order valence-electron chi connectivity index (χ3n) is 4.27. The van der Waals surface area contributed by atoms with Gasteiger partial charge >= 0.3 is 5.97 Å². The van der Waals surface area contributed by atoms with Gasteiger partial charge in [0.05, 0.1) is 22.0 Å². The van der Waals surface area contributed by atoms with Gasteiger partial charge in [-0.25, -0.2) is 13.2 Å². The fraction of sp³-hybridized carbons (Fsp3) is 0.533. The Morgan fingerprint density at radius 3 is 2.62 bits per heavy atom. The third-order valence-corrected chi connectivity index (χ3v) is 6.16. The molecule has 1 aliphatic rings. The van der Waals surface area contributed by atoms with Crippen molar-refractivity contribution in [3.8, 4) is 0 Å². The van der Waals surface area contributed by atoms with Crippen LogP contribution in [0, 0.1) is 17.0 Å². The highest BCUT2D eigenvalue weighted by Crippen LogP contribution is 2.29. The minimum Gasteiger partial charge on any atom is -0.462 e. The van der Waals surface area contributed by atoms with Gasteiger partial charge in [-0.05, 0) is 32.9 Å². The average Bonchev–Trinajstić information content (AvgIpc) is 3.08. The second kappa shape index (κ2) is 8.76. The van der Waals surface area contributed by atoms with Gasteiger partial charge in [0.25, 0.3) is 5.69 Å². The molecule has 0 aliphatic carbocycles. The van der Waals surface area contributed by atoms with Crippen LogP contribution in [0.5, 0.6) is 0 Å². The van der Waals surface area contributed by atoms with Crippen molar-refractivity contribution >= 4 is 34.1 Å². The monoisotopic (exact) mass is 407 g/mol. The van der Waals surface area contributed by atoms with Crippen LogP contribution in [-0.2, 0) is 14.8 Å². The van der Waals surface area contributed by atoms with E-state index in [1.165, 1.54) is 18.3 Å². The summed E-state index contributed by atoms with van der Waals surface area (Å²) in [5.74, 6) is -0.787. The molecule has 1 unspecified atom stereocenters. The van der Waals surface area contributed by atoms with E-state index < -0.39 is 26.6 Å². The number of hydrogen-bond acceptors (Lipinski definition) is 7. The molecule has 0 spiro atoms. The molecule has 1 aliphatic heterocycles. The third kappa shape index (κ3) is 4.32. The zero-order valence-electron chi connectivity index (χ0n) is 14.7. The number of rotatable bonds is 6. The van der Waals surface area contributed by atoms with E-state index in [0.29, 0.717) is 19.5 Å². The van der Waals surface area contributed by atoms with Crippen LogP contribution in [0.2, 0.25) is 0 Å². The first-order valence-electron chi connectivity index (χ1n) is 7.85. The predicted molar refractivity (Wildman–Crippen MR) is 97.3 cm³/mol. The summed E-state index contributed by atoms with van der Waals surface area (Å²) in [6, 6.07) is 1.90. The smallest absolute Gasteiger partial charge is 0.338 e. The molecule has 0 amide bonds. The van der Waals surface area contributed by atoms with Gasteiger partial charge in [-0.1, -0.05) is 0 Å². The zero-order chi connectivity index (χ0) is 18.8. The van der Waals surface area contributed by atoms with E-state index in [1.807, 2.05) is 0 Å². The number of esters is 1. The molecule has 1 fully saturated rings. The Balaban J connectivity index is 0.00000338. The van der Waals surface area contributed by atoms with Crippen molar-refractivity contribution in [2.45, 2.75) is 31.2 Å². The van der Waals surface area contributed by atoms with E-state index >= 15 is 0 Å². The Hall–Kier alpha value is -1.75. The summed E-state index contributed by atoms with van der Waals surface area (Å²) in [4.78, 5) is 22.4. The van der Waals surface area contributed by atoms with E-state index in [4.69, 9.17) is 4.74 Å². The molecule has 9 nitrogen and oxygen atoms in total. The van der Waals surface area contributed by atoms with Crippen LogP contribution in [0.3, 0.4) is 0 Å². The second-order valence-electron chi connectivity index (χ2n) is 5.76. The number of nitro benzene ring substituents is 1. The number of benzene rings is 1. The first-order chi connectivity index (χ1) is 11.7. The highest BCUT2D eigenvalue weighted by molar-refractivity contribution is 7.89. The molecule has 1 saturated heterocycles. The lowest BCUT2D eigenvalue weighted by Gasteiger charge is -2.23. The Kier molecular flexibility index (Phi) is 7.51. The van der Waals surface area contributed by atoms with E-state index in [9.17, 15) is 23.3 Å². The quantitative estimate of drug-likeness (QED) is 0.431. The highest BCUT2D eigenvalue weighted by atomic mass is 35.5. The maximum Gasteiger partial charge on any atom is 0.338 e. The summed E-state index contributed by atoms with van der Waals surface area (Å²) in [5, 5.41) is 14.4. The summed E-state index contributed by atoms with van der Waals surface area (Å²) in [7, 11) is -2.55. The number of nitrogens with one attached hydrogen (secondary N) is 1. The first kappa shape index (κ1) is 22.3. The molecule has 0 saturated carbocycles. The van der Waals surface area contributed by atoms with Gasteiger partial charge < -0.3 is 10.1 Å². The molecule has 0 bridgehead atoms. The Labute approximate surface area is 158 Å². The van der Waals surface area contributed by atoms with E-state index in [0.717, 1.165) is 12.1 Å². The summed E-state index contributed by atoms with van der Waals surface area (Å²) < 4.78 is 31.8. The fourth-order valence-corrected chi connectivity index (χ4v) is 4.18. The molecule has 1 heterocycles. The molecule has 26 heavy (non-hydrogen) atoms. The van der Waals surface area contributed by atoms with Crippen LogP contribution in [0.1, 0.15) is 29.3 Å². The van der Waals surface area contributed by atoms with E-state index in [2.05, 4.69) is 5.32 Å². The fourth-order valence-electron chi connectivity index (χ4n) is 2.74. The van der Waals surface area contributed by atoms with Gasteiger partial charge in [0, 0.05) is 31.3 Å². The number of hydrogen-bond donors (Lipinski definition) is 1. The molecule has 1 aromatic carbocycles. The summed E-state index contributed by atoms with van der Waals surface area (Å²) in [6.07, 6.45) is 0.647. The number of carbonyl (C=O) groups excluding carboxylic acids is 1. The summed E-state index contributed by atoms with van der Waals surface area (Å²) in [5.41, 5.74) is -0.470. The van der Waals surface area contributed by atoms with Gasteiger partial charge in [-0.2, -0.15) is 4.31 Å². The molecule has 1 atom stereocenters. The minimum atomic E-state index is -3.99. The second-order valence-corrected chi connectivity index (χ2v) is 7.76. The number of carbonyl (C=O) groups is 1. The average molecular weight is 408 g/mol. The number of halogens is 1. The first-order valence-corrected chi connectivity index (χ1v) is 9.29. The van der Waals surface area contributed by atoms with Crippen molar-refractivity contribution in [1.29, 1.82) is 0 Å². The Morgan fingerprint density at radius 2 is 2.12 bits per heavy atom. The van der Waals surface area contributed by atoms with Gasteiger partial charge in [0.2, 0.25) is 10.0 Å². The zero-order valence-corrected chi connectivity index (χ0v) is 16.4. The molecule has 146 valence electrons. The SMILES string of the molecule is CCOC(=O)c1cc(S(=O)(=O)N(C)C2CCNC2)cc([N+](=O)[O-])c1C.Cl. The molecule has 1 aromatic rings.